The minimum Gasteiger partial charge on any atom is -0.462 e. The molecule has 9 heteroatoms. The Bertz CT molecular complexity index is 1440. The van der Waals surface area contributed by atoms with Crippen molar-refractivity contribution in [3.8, 4) is 12.2 Å². The molecule has 0 saturated carbocycles. The van der Waals surface area contributed by atoms with Crippen LogP contribution >= 0.6 is 11.6 Å². The maximum absolute atomic E-state index is 9.29. The highest BCUT2D eigenvalue weighted by atomic mass is 35.5. The third-order valence-corrected chi connectivity index (χ3v) is 9.52. The summed E-state index contributed by atoms with van der Waals surface area (Å²) >= 11 is 6.69. The molecule has 0 amide bonds. The normalized spacial score (nSPS) is 22.3. The monoisotopic (exact) mass is 543 g/mol. The molecule has 3 aromatic rings. The molecule has 3 saturated heterocycles. The molecule has 0 N–H and O–H groups in total. The first-order valence-electron chi connectivity index (χ1n) is 14.1. The fourth-order valence-corrected chi connectivity index (χ4v) is 7.31. The molecule has 2 aromatic carbocycles. The van der Waals surface area contributed by atoms with Crippen molar-refractivity contribution < 1.29 is 4.74 Å². The minimum atomic E-state index is 0.196. The molecule has 1 atom stereocenters. The number of hydrogen-bond acceptors (Lipinski definition) is 8. The first-order valence-corrected chi connectivity index (χ1v) is 14.4. The van der Waals surface area contributed by atoms with E-state index in [2.05, 4.69) is 52.2 Å². The van der Waals surface area contributed by atoms with Gasteiger partial charge in [0.25, 0.3) is 0 Å². The van der Waals surface area contributed by atoms with Crippen LogP contribution in [0.4, 0.5) is 11.5 Å². The van der Waals surface area contributed by atoms with Crippen molar-refractivity contribution >= 4 is 33.9 Å². The number of likely N-dealkylation sites (tertiary alicyclic amines) is 2. The fourth-order valence-electron chi connectivity index (χ4n) is 7.03. The highest BCUT2D eigenvalue weighted by Crippen LogP contribution is 2.43. The standard InChI is InChI=1S/C30H34ClN7O/c1-35-12-4-7-22(35)16-39-29-33-25-15-37(26-9-3-6-21-5-2-8-24(31)27(21)26)13-10-23(25)28(34-29)38-14-11-30(19-38)17-36(18-30)20-32/h2-3,5-6,8-9,22H,4,7,10-19H2,1H3/t22-/m0/s1. The number of hydrogen-bond donors (Lipinski definition) is 0. The Morgan fingerprint density at radius 1 is 1.08 bits per heavy atom. The molecule has 0 bridgehead atoms. The van der Waals surface area contributed by atoms with E-state index >= 15 is 0 Å². The average molecular weight is 544 g/mol. The van der Waals surface area contributed by atoms with Crippen LogP contribution in [0.1, 0.15) is 30.5 Å². The van der Waals surface area contributed by atoms with E-state index in [0.717, 1.165) is 91.5 Å². The Morgan fingerprint density at radius 2 is 1.92 bits per heavy atom. The second-order valence-electron chi connectivity index (χ2n) is 11.8. The molecule has 202 valence electrons. The molecule has 4 aliphatic rings. The van der Waals surface area contributed by atoms with Gasteiger partial charge >= 0.3 is 6.01 Å². The van der Waals surface area contributed by atoms with E-state index < -0.39 is 0 Å². The van der Waals surface area contributed by atoms with Crippen LogP contribution in [0.3, 0.4) is 0 Å². The van der Waals surface area contributed by atoms with E-state index in [9.17, 15) is 5.26 Å². The smallest absolute Gasteiger partial charge is 0.318 e. The zero-order chi connectivity index (χ0) is 26.6. The van der Waals surface area contributed by atoms with Crippen LogP contribution in [0.25, 0.3) is 10.8 Å². The highest BCUT2D eigenvalue weighted by Gasteiger charge is 2.48. The summed E-state index contributed by atoms with van der Waals surface area (Å²) in [6.07, 6.45) is 6.61. The SMILES string of the molecule is CN1CCC[C@H]1COc1nc2c(c(N3CCC4(CN(C#N)C4)C3)n1)CCN(c1cccc3cccc(Cl)c13)C2. The predicted octanol–water partition coefficient (Wildman–Crippen LogP) is 4.31. The molecule has 0 unspecified atom stereocenters. The van der Waals surface area contributed by atoms with Gasteiger partial charge in [0.15, 0.2) is 6.19 Å². The summed E-state index contributed by atoms with van der Waals surface area (Å²) in [5.74, 6) is 1.03. The van der Waals surface area contributed by atoms with Crippen LogP contribution in [-0.4, -0.2) is 78.7 Å². The fraction of sp³-hybridized carbons (Fsp3) is 0.500. The van der Waals surface area contributed by atoms with E-state index in [1.54, 1.807) is 0 Å². The molecule has 4 aliphatic heterocycles. The van der Waals surface area contributed by atoms with Crippen molar-refractivity contribution in [1.29, 1.82) is 5.26 Å². The van der Waals surface area contributed by atoms with Crippen molar-refractivity contribution in [3.05, 3.63) is 52.7 Å². The summed E-state index contributed by atoms with van der Waals surface area (Å²) in [6, 6.07) is 13.4. The number of ether oxygens (including phenoxy) is 1. The van der Waals surface area contributed by atoms with E-state index in [-0.39, 0.29) is 5.41 Å². The van der Waals surface area contributed by atoms with Gasteiger partial charge in [-0.05, 0) is 56.8 Å². The third-order valence-electron chi connectivity index (χ3n) is 9.20. The first kappa shape index (κ1) is 24.7. The topological polar surface area (TPSA) is 71.8 Å². The second kappa shape index (κ2) is 9.72. The molecule has 3 fully saturated rings. The van der Waals surface area contributed by atoms with Crippen LogP contribution in [-0.2, 0) is 13.0 Å². The largest absolute Gasteiger partial charge is 0.462 e. The van der Waals surface area contributed by atoms with Gasteiger partial charge in [-0.1, -0.05) is 35.9 Å². The lowest BCUT2D eigenvalue weighted by Gasteiger charge is -2.44. The van der Waals surface area contributed by atoms with Gasteiger partial charge in [0.05, 0.1) is 17.3 Å². The van der Waals surface area contributed by atoms with Crippen molar-refractivity contribution in [1.82, 2.24) is 19.8 Å². The number of nitriles is 1. The lowest BCUT2D eigenvalue weighted by atomic mass is 9.79. The summed E-state index contributed by atoms with van der Waals surface area (Å²) in [6.45, 7) is 6.87. The van der Waals surface area contributed by atoms with E-state index in [4.69, 9.17) is 26.3 Å². The Labute approximate surface area is 234 Å². The van der Waals surface area contributed by atoms with E-state index in [0.29, 0.717) is 25.2 Å². The number of nitrogens with zero attached hydrogens (tertiary/aromatic N) is 7. The molecule has 1 aromatic heterocycles. The van der Waals surface area contributed by atoms with Crippen LogP contribution in [0.15, 0.2) is 36.4 Å². The molecular weight excluding hydrogens is 510 g/mol. The Hall–Kier alpha value is -3.28. The third kappa shape index (κ3) is 4.42. The Balaban J connectivity index is 1.21. The predicted molar refractivity (Wildman–Crippen MR) is 153 cm³/mol. The van der Waals surface area contributed by atoms with Crippen LogP contribution in [0.2, 0.25) is 5.02 Å². The number of anilines is 2. The molecule has 7 rings (SSSR count). The second-order valence-corrected chi connectivity index (χ2v) is 12.2. The van der Waals surface area contributed by atoms with Gasteiger partial charge in [0.2, 0.25) is 0 Å². The summed E-state index contributed by atoms with van der Waals surface area (Å²) in [5.41, 5.74) is 3.61. The number of likely N-dealkylation sites (N-methyl/N-ethyl adjacent to an activating group) is 1. The summed E-state index contributed by atoms with van der Waals surface area (Å²) in [7, 11) is 2.17. The lowest BCUT2D eigenvalue weighted by Crippen LogP contribution is -2.55. The van der Waals surface area contributed by atoms with Gasteiger partial charge in [0.1, 0.15) is 12.4 Å². The number of benzene rings is 2. The number of rotatable bonds is 5. The molecule has 0 radical (unpaired) electrons. The van der Waals surface area contributed by atoms with Crippen molar-refractivity contribution in [3.63, 3.8) is 0 Å². The van der Waals surface area contributed by atoms with E-state index in [1.807, 2.05) is 17.0 Å². The molecular formula is C30H34ClN7O. The van der Waals surface area contributed by atoms with Gasteiger partial charge in [0, 0.05) is 60.8 Å². The minimum absolute atomic E-state index is 0.196. The van der Waals surface area contributed by atoms with E-state index in [1.165, 1.54) is 12.0 Å². The van der Waals surface area contributed by atoms with Crippen LogP contribution < -0.4 is 14.5 Å². The maximum Gasteiger partial charge on any atom is 0.318 e. The Kier molecular flexibility index (Phi) is 6.17. The maximum atomic E-state index is 9.29. The number of fused-ring (bicyclic) bond motifs is 2. The van der Waals surface area contributed by atoms with Crippen molar-refractivity contribution in [2.75, 3.05) is 62.7 Å². The van der Waals surface area contributed by atoms with Gasteiger partial charge < -0.3 is 24.3 Å². The molecule has 39 heavy (non-hydrogen) atoms. The number of halogens is 1. The van der Waals surface area contributed by atoms with Gasteiger partial charge in [-0.2, -0.15) is 15.2 Å². The quantitative estimate of drug-likeness (QED) is 0.441. The zero-order valence-electron chi connectivity index (χ0n) is 22.4. The van der Waals surface area contributed by atoms with Crippen molar-refractivity contribution in [2.24, 2.45) is 5.41 Å². The molecule has 0 aliphatic carbocycles. The van der Waals surface area contributed by atoms with Crippen LogP contribution in [0, 0.1) is 16.9 Å². The van der Waals surface area contributed by atoms with Gasteiger partial charge in [-0.3, -0.25) is 0 Å². The first-order chi connectivity index (χ1) is 19.0. The summed E-state index contributed by atoms with van der Waals surface area (Å²) in [4.78, 5) is 19.1. The summed E-state index contributed by atoms with van der Waals surface area (Å²) in [5, 5.41) is 12.3. The van der Waals surface area contributed by atoms with Gasteiger partial charge in [-0.25, -0.2) is 0 Å². The number of aromatic nitrogens is 2. The molecule has 5 heterocycles. The molecule has 8 nitrogen and oxygen atoms in total. The summed E-state index contributed by atoms with van der Waals surface area (Å²) < 4.78 is 6.30. The van der Waals surface area contributed by atoms with Crippen LogP contribution in [0.5, 0.6) is 6.01 Å². The zero-order valence-corrected chi connectivity index (χ0v) is 23.2. The highest BCUT2D eigenvalue weighted by molar-refractivity contribution is 6.36. The lowest BCUT2D eigenvalue weighted by molar-refractivity contribution is 0.0695. The van der Waals surface area contributed by atoms with Gasteiger partial charge in [-0.15, -0.1) is 0 Å². The average Bonchev–Trinajstić information content (AvgIpc) is 3.56. The van der Waals surface area contributed by atoms with Crippen molar-refractivity contribution in [2.45, 2.75) is 38.3 Å². The Morgan fingerprint density at radius 3 is 2.72 bits per heavy atom. The molecule has 1 spiro atoms.